The molecule has 0 aromatic rings. The number of nitrogens with two attached hydrogens (primary N) is 1. The van der Waals surface area contributed by atoms with Gasteiger partial charge in [-0.1, -0.05) is 13.3 Å². The van der Waals surface area contributed by atoms with Crippen molar-refractivity contribution in [2.75, 3.05) is 26.7 Å². The molecule has 1 aliphatic rings. The first-order valence-corrected chi connectivity index (χ1v) is 6.78. The normalized spacial score (nSPS) is 24.5. The number of likely N-dealkylation sites (N-methyl/N-ethyl adjacent to an activating group) is 1. The molecule has 2 unspecified atom stereocenters. The molecule has 1 fully saturated rings. The molecule has 2 atom stereocenters. The van der Waals surface area contributed by atoms with Crippen molar-refractivity contribution in [1.82, 2.24) is 9.80 Å². The average molecular weight is 241 g/mol. The Hall–Kier alpha value is -0.610. The van der Waals surface area contributed by atoms with Crippen molar-refractivity contribution in [1.29, 1.82) is 0 Å². The van der Waals surface area contributed by atoms with Crippen LogP contribution in [-0.2, 0) is 4.79 Å². The van der Waals surface area contributed by atoms with Gasteiger partial charge in [-0.2, -0.15) is 0 Å². The van der Waals surface area contributed by atoms with E-state index in [1.165, 1.54) is 0 Å². The SMILES string of the molecule is CCCC(N)CC(=O)N1CCCN(C)CC1C. The van der Waals surface area contributed by atoms with Gasteiger partial charge in [0.2, 0.25) is 5.91 Å². The Morgan fingerprint density at radius 2 is 2.18 bits per heavy atom. The largest absolute Gasteiger partial charge is 0.339 e. The first kappa shape index (κ1) is 14.5. The molecule has 0 aliphatic carbocycles. The lowest BCUT2D eigenvalue weighted by atomic mass is 10.1. The van der Waals surface area contributed by atoms with E-state index in [-0.39, 0.29) is 11.9 Å². The maximum atomic E-state index is 12.2. The molecule has 4 heteroatoms. The molecular formula is C13H27N3O. The zero-order valence-corrected chi connectivity index (χ0v) is 11.5. The molecule has 100 valence electrons. The summed E-state index contributed by atoms with van der Waals surface area (Å²) in [4.78, 5) is 16.5. The van der Waals surface area contributed by atoms with Crippen molar-refractivity contribution in [3.8, 4) is 0 Å². The maximum Gasteiger partial charge on any atom is 0.224 e. The molecule has 0 aromatic heterocycles. The summed E-state index contributed by atoms with van der Waals surface area (Å²) in [5.74, 6) is 0.230. The van der Waals surface area contributed by atoms with E-state index in [2.05, 4.69) is 25.8 Å². The van der Waals surface area contributed by atoms with Gasteiger partial charge in [-0.25, -0.2) is 0 Å². The topological polar surface area (TPSA) is 49.6 Å². The zero-order chi connectivity index (χ0) is 12.8. The van der Waals surface area contributed by atoms with Crippen molar-refractivity contribution in [3.63, 3.8) is 0 Å². The lowest BCUT2D eigenvalue weighted by Gasteiger charge is -2.29. The van der Waals surface area contributed by atoms with Crippen LogP contribution >= 0.6 is 0 Å². The minimum absolute atomic E-state index is 0.0284. The Labute approximate surface area is 105 Å². The molecule has 0 aromatic carbocycles. The summed E-state index contributed by atoms with van der Waals surface area (Å²) in [6.07, 6.45) is 3.55. The predicted octanol–water partition coefficient (Wildman–Crippen LogP) is 1.06. The highest BCUT2D eigenvalue weighted by Crippen LogP contribution is 2.11. The van der Waals surface area contributed by atoms with E-state index in [1.54, 1.807) is 0 Å². The van der Waals surface area contributed by atoms with Crippen LogP contribution in [-0.4, -0.2) is 54.5 Å². The number of hydrogen-bond acceptors (Lipinski definition) is 3. The molecule has 1 heterocycles. The average Bonchev–Trinajstić information content (AvgIpc) is 2.39. The van der Waals surface area contributed by atoms with E-state index in [9.17, 15) is 4.79 Å². The second-order valence-electron chi connectivity index (χ2n) is 5.30. The van der Waals surface area contributed by atoms with Gasteiger partial charge in [-0.05, 0) is 33.4 Å². The maximum absolute atomic E-state index is 12.2. The quantitative estimate of drug-likeness (QED) is 0.800. The minimum Gasteiger partial charge on any atom is -0.339 e. The van der Waals surface area contributed by atoms with Crippen molar-refractivity contribution in [2.45, 2.75) is 51.6 Å². The lowest BCUT2D eigenvalue weighted by Crippen LogP contribution is -2.43. The summed E-state index contributed by atoms with van der Waals surface area (Å²) in [6, 6.07) is 0.338. The number of carbonyl (C=O) groups excluding carboxylic acids is 1. The van der Waals surface area contributed by atoms with Crippen LogP contribution < -0.4 is 5.73 Å². The molecule has 0 spiro atoms. The molecule has 0 bridgehead atoms. The first-order chi connectivity index (χ1) is 8.04. The van der Waals surface area contributed by atoms with E-state index in [0.717, 1.165) is 38.9 Å². The highest BCUT2D eigenvalue weighted by molar-refractivity contribution is 5.77. The van der Waals surface area contributed by atoms with Crippen LogP contribution in [0.2, 0.25) is 0 Å². The highest BCUT2D eigenvalue weighted by atomic mass is 16.2. The third-order valence-electron chi connectivity index (χ3n) is 3.46. The predicted molar refractivity (Wildman–Crippen MR) is 70.8 cm³/mol. The van der Waals surface area contributed by atoms with Crippen molar-refractivity contribution in [2.24, 2.45) is 5.73 Å². The Morgan fingerprint density at radius 3 is 2.82 bits per heavy atom. The number of nitrogens with zero attached hydrogens (tertiary/aromatic N) is 2. The summed E-state index contributed by atoms with van der Waals surface area (Å²) < 4.78 is 0. The number of amides is 1. The third-order valence-corrected chi connectivity index (χ3v) is 3.46. The Kier molecular flexibility index (Phi) is 5.92. The molecule has 2 N–H and O–H groups in total. The van der Waals surface area contributed by atoms with Gasteiger partial charge in [0, 0.05) is 31.6 Å². The molecular weight excluding hydrogens is 214 g/mol. The second kappa shape index (κ2) is 6.97. The molecule has 0 radical (unpaired) electrons. The van der Waals surface area contributed by atoms with Gasteiger partial charge in [-0.3, -0.25) is 4.79 Å². The number of carbonyl (C=O) groups is 1. The van der Waals surface area contributed by atoms with Crippen molar-refractivity contribution >= 4 is 5.91 Å². The standard InChI is InChI=1S/C13H27N3O/c1-4-6-12(14)9-13(17)16-8-5-7-15(3)10-11(16)2/h11-12H,4-10,14H2,1-3H3. The van der Waals surface area contributed by atoms with Crippen LogP contribution in [0.3, 0.4) is 0 Å². The van der Waals surface area contributed by atoms with Crippen LogP contribution in [0.15, 0.2) is 0 Å². The third kappa shape index (κ3) is 4.64. The Morgan fingerprint density at radius 1 is 1.47 bits per heavy atom. The van der Waals surface area contributed by atoms with E-state index in [4.69, 9.17) is 5.73 Å². The van der Waals surface area contributed by atoms with E-state index in [1.807, 2.05) is 4.90 Å². The van der Waals surface area contributed by atoms with E-state index in [0.29, 0.717) is 12.5 Å². The highest BCUT2D eigenvalue weighted by Gasteiger charge is 2.24. The molecule has 1 saturated heterocycles. The summed E-state index contributed by atoms with van der Waals surface area (Å²) in [6.45, 7) is 7.16. The summed E-state index contributed by atoms with van der Waals surface area (Å²) in [5, 5.41) is 0. The number of rotatable bonds is 4. The lowest BCUT2D eigenvalue weighted by molar-refractivity contribution is -0.133. The fraction of sp³-hybridized carbons (Fsp3) is 0.923. The van der Waals surface area contributed by atoms with Crippen LogP contribution in [0.25, 0.3) is 0 Å². The van der Waals surface area contributed by atoms with Gasteiger partial charge < -0.3 is 15.5 Å². The molecule has 17 heavy (non-hydrogen) atoms. The zero-order valence-electron chi connectivity index (χ0n) is 11.5. The van der Waals surface area contributed by atoms with Gasteiger partial charge in [0.25, 0.3) is 0 Å². The van der Waals surface area contributed by atoms with Crippen LogP contribution in [0.5, 0.6) is 0 Å². The molecule has 0 saturated carbocycles. The minimum atomic E-state index is 0.0284. The summed E-state index contributed by atoms with van der Waals surface area (Å²) in [7, 11) is 2.12. The van der Waals surface area contributed by atoms with Crippen molar-refractivity contribution in [3.05, 3.63) is 0 Å². The molecule has 1 amide bonds. The van der Waals surface area contributed by atoms with Gasteiger partial charge >= 0.3 is 0 Å². The first-order valence-electron chi connectivity index (χ1n) is 6.78. The van der Waals surface area contributed by atoms with Crippen LogP contribution in [0.1, 0.15) is 39.5 Å². The molecule has 1 rings (SSSR count). The molecule has 1 aliphatic heterocycles. The van der Waals surface area contributed by atoms with Gasteiger partial charge in [0.05, 0.1) is 0 Å². The van der Waals surface area contributed by atoms with Crippen molar-refractivity contribution < 1.29 is 4.79 Å². The number of hydrogen-bond donors (Lipinski definition) is 1. The van der Waals surface area contributed by atoms with Gasteiger partial charge in [0.15, 0.2) is 0 Å². The van der Waals surface area contributed by atoms with E-state index >= 15 is 0 Å². The molecule has 4 nitrogen and oxygen atoms in total. The Balaban J connectivity index is 2.49. The monoisotopic (exact) mass is 241 g/mol. The van der Waals surface area contributed by atoms with Crippen LogP contribution in [0, 0.1) is 0 Å². The smallest absolute Gasteiger partial charge is 0.224 e. The fourth-order valence-corrected chi connectivity index (χ4v) is 2.56. The van der Waals surface area contributed by atoms with E-state index < -0.39 is 0 Å². The van der Waals surface area contributed by atoms with Gasteiger partial charge in [0.1, 0.15) is 0 Å². The summed E-state index contributed by atoms with van der Waals surface area (Å²) in [5.41, 5.74) is 5.95. The van der Waals surface area contributed by atoms with Gasteiger partial charge in [-0.15, -0.1) is 0 Å². The Bertz CT molecular complexity index is 245. The van der Waals surface area contributed by atoms with Crippen LogP contribution in [0.4, 0.5) is 0 Å². The second-order valence-corrected chi connectivity index (χ2v) is 5.30. The fourth-order valence-electron chi connectivity index (χ4n) is 2.56. The summed E-state index contributed by atoms with van der Waals surface area (Å²) >= 11 is 0.